The van der Waals surface area contributed by atoms with Crippen LogP contribution >= 0.6 is 0 Å². The van der Waals surface area contributed by atoms with Gasteiger partial charge in [0.25, 0.3) is 0 Å². The zero-order chi connectivity index (χ0) is 14.4. The van der Waals surface area contributed by atoms with Crippen molar-refractivity contribution in [1.82, 2.24) is 0 Å². The third-order valence-corrected chi connectivity index (χ3v) is 3.32. The molecular weight excluding hydrogens is 246 g/mol. The molecule has 2 heteroatoms. The fraction of sp³-hybridized carbons (Fsp3) is 0.333. The molecule has 0 unspecified atom stereocenters. The van der Waals surface area contributed by atoms with Gasteiger partial charge in [-0.05, 0) is 30.5 Å². The van der Waals surface area contributed by atoms with E-state index in [0.29, 0.717) is 12.5 Å². The van der Waals surface area contributed by atoms with Crippen molar-refractivity contribution in [3.63, 3.8) is 0 Å². The minimum Gasteiger partial charge on any atom is -0.494 e. The molecule has 1 N–H and O–H groups in total. The first kappa shape index (κ1) is 14.4. The molecule has 20 heavy (non-hydrogen) atoms. The maximum Gasteiger partial charge on any atom is 0.124 e. The molecule has 0 fully saturated rings. The molecule has 0 radical (unpaired) electrons. The summed E-state index contributed by atoms with van der Waals surface area (Å²) in [6, 6.07) is 16.7. The SMILES string of the molecule is CCOc1ccccc1CNc1ccccc1C(C)C. The van der Waals surface area contributed by atoms with Crippen molar-refractivity contribution in [1.29, 1.82) is 0 Å². The van der Waals surface area contributed by atoms with E-state index in [9.17, 15) is 0 Å². The van der Waals surface area contributed by atoms with E-state index in [0.717, 1.165) is 12.3 Å². The first-order chi connectivity index (χ1) is 9.72. The van der Waals surface area contributed by atoms with E-state index < -0.39 is 0 Å². The van der Waals surface area contributed by atoms with Gasteiger partial charge in [-0.25, -0.2) is 0 Å². The van der Waals surface area contributed by atoms with Crippen molar-refractivity contribution in [3.8, 4) is 5.75 Å². The predicted molar refractivity (Wildman–Crippen MR) is 85.5 cm³/mol. The van der Waals surface area contributed by atoms with Gasteiger partial charge in [0.05, 0.1) is 6.61 Å². The van der Waals surface area contributed by atoms with Gasteiger partial charge >= 0.3 is 0 Å². The van der Waals surface area contributed by atoms with Crippen LogP contribution in [0.3, 0.4) is 0 Å². The van der Waals surface area contributed by atoms with Crippen LogP contribution in [0.15, 0.2) is 48.5 Å². The highest BCUT2D eigenvalue weighted by Crippen LogP contribution is 2.25. The fourth-order valence-corrected chi connectivity index (χ4v) is 2.30. The van der Waals surface area contributed by atoms with Gasteiger partial charge in [-0.2, -0.15) is 0 Å². The molecule has 0 aliphatic rings. The molecule has 0 aliphatic heterocycles. The van der Waals surface area contributed by atoms with E-state index in [1.807, 2.05) is 25.1 Å². The third kappa shape index (κ3) is 3.53. The number of anilines is 1. The van der Waals surface area contributed by atoms with Gasteiger partial charge in [0.2, 0.25) is 0 Å². The summed E-state index contributed by atoms with van der Waals surface area (Å²) in [6.45, 7) is 7.92. The van der Waals surface area contributed by atoms with Crippen LogP contribution in [0.4, 0.5) is 5.69 Å². The van der Waals surface area contributed by atoms with Crippen molar-refractivity contribution >= 4 is 5.69 Å². The third-order valence-electron chi connectivity index (χ3n) is 3.32. The largest absolute Gasteiger partial charge is 0.494 e. The Bertz CT molecular complexity index is 549. The molecule has 0 amide bonds. The van der Waals surface area contributed by atoms with E-state index in [1.54, 1.807) is 0 Å². The molecule has 2 aromatic carbocycles. The van der Waals surface area contributed by atoms with Gasteiger partial charge in [-0.3, -0.25) is 0 Å². The first-order valence-electron chi connectivity index (χ1n) is 7.26. The van der Waals surface area contributed by atoms with Crippen molar-refractivity contribution in [2.75, 3.05) is 11.9 Å². The van der Waals surface area contributed by atoms with Gasteiger partial charge in [0, 0.05) is 17.8 Å². The van der Waals surface area contributed by atoms with Gasteiger partial charge in [-0.1, -0.05) is 50.2 Å². The van der Waals surface area contributed by atoms with Crippen LogP contribution in [0.2, 0.25) is 0 Å². The monoisotopic (exact) mass is 269 g/mol. The molecular formula is C18H23NO. The fourth-order valence-electron chi connectivity index (χ4n) is 2.30. The molecule has 2 nitrogen and oxygen atoms in total. The van der Waals surface area contributed by atoms with Gasteiger partial charge in [0.1, 0.15) is 5.75 Å². The van der Waals surface area contributed by atoms with Crippen LogP contribution in [0.5, 0.6) is 5.75 Å². The molecule has 0 atom stereocenters. The lowest BCUT2D eigenvalue weighted by Gasteiger charge is -2.16. The second kappa shape index (κ2) is 6.99. The van der Waals surface area contributed by atoms with Crippen LogP contribution in [0, 0.1) is 0 Å². The maximum atomic E-state index is 5.66. The summed E-state index contributed by atoms with van der Waals surface area (Å²) in [5, 5.41) is 3.53. The summed E-state index contributed by atoms with van der Waals surface area (Å²) in [6.07, 6.45) is 0. The Balaban J connectivity index is 2.13. The van der Waals surface area contributed by atoms with E-state index in [-0.39, 0.29) is 0 Å². The van der Waals surface area contributed by atoms with Crippen LogP contribution in [-0.4, -0.2) is 6.61 Å². The molecule has 0 aliphatic carbocycles. The van der Waals surface area contributed by atoms with Gasteiger partial charge < -0.3 is 10.1 Å². The Morgan fingerprint density at radius 1 is 1.00 bits per heavy atom. The number of ether oxygens (including phenoxy) is 1. The molecule has 0 saturated heterocycles. The molecule has 2 rings (SSSR count). The maximum absolute atomic E-state index is 5.66. The summed E-state index contributed by atoms with van der Waals surface area (Å²) in [5.74, 6) is 1.48. The zero-order valence-electron chi connectivity index (χ0n) is 12.5. The molecule has 0 aromatic heterocycles. The Labute approximate surface area is 121 Å². The lowest BCUT2D eigenvalue weighted by molar-refractivity contribution is 0.337. The van der Waals surface area contributed by atoms with Crippen molar-refractivity contribution in [3.05, 3.63) is 59.7 Å². The average Bonchev–Trinajstić information content (AvgIpc) is 2.47. The smallest absolute Gasteiger partial charge is 0.124 e. The minimum absolute atomic E-state index is 0.515. The molecule has 2 aromatic rings. The Kier molecular flexibility index (Phi) is 5.05. The highest BCUT2D eigenvalue weighted by Gasteiger charge is 2.07. The predicted octanol–water partition coefficient (Wildman–Crippen LogP) is 4.82. The first-order valence-corrected chi connectivity index (χ1v) is 7.26. The molecule has 0 spiro atoms. The highest BCUT2D eigenvalue weighted by atomic mass is 16.5. The van der Waals surface area contributed by atoms with Gasteiger partial charge in [0.15, 0.2) is 0 Å². The number of nitrogens with one attached hydrogen (secondary N) is 1. The Morgan fingerprint density at radius 3 is 2.45 bits per heavy atom. The number of rotatable bonds is 6. The molecule has 0 bridgehead atoms. The van der Waals surface area contributed by atoms with Gasteiger partial charge in [-0.15, -0.1) is 0 Å². The average molecular weight is 269 g/mol. The second-order valence-electron chi connectivity index (χ2n) is 5.14. The quantitative estimate of drug-likeness (QED) is 0.811. The number of benzene rings is 2. The summed E-state index contributed by atoms with van der Waals surface area (Å²) in [7, 11) is 0. The standard InChI is InChI=1S/C18H23NO/c1-4-20-18-12-8-5-9-15(18)13-19-17-11-7-6-10-16(17)14(2)3/h5-12,14,19H,4,13H2,1-3H3. The van der Waals surface area contributed by atoms with Crippen molar-refractivity contribution in [2.45, 2.75) is 33.2 Å². The van der Waals surface area contributed by atoms with E-state index in [1.165, 1.54) is 16.8 Å². The highest BCUT2D eigenvalue weighted by molar-refractivity contribution is 5.53. The normalized spacial score (nSPS) is 10.6. The number of para-hydroxylation sites is 2. The van der Waals surface area contributed by atoms with Crippen LogP contribution in [0.1, 0.15) is 37.8 Å². The summed E-state index contributed by atoms with van der Waals surface area (Å²) < 4.78 is 5.66. The number of hydrogen-bond acceptors (Lipinski definition) is 2. The second-order valence-corrected chi connectivity index (χ2v) is 5.14. The van der Waals surface area contributed by atoms with Crippen LogP contribution in [-0.2, 0) is 6.54 Å². The van der Waals surface area contributed by atoms with Crippen LogP contribution < -0.4 is 10.1 Å². The summed E-state index contributed by atoms with van der Waals surface area (Å²) >= 11 is 0. The topological polar surface area (TPSA) is 21.3 Å². The van der Waals surface area contributed by atoms with Crippen molar-refractivity contribution < 1.29 is 4.74 Å². The minimum atomic E-state index is 0.515. The Hall–Kier alpha value is -1.96. The number of hydrogen-bond donors (Lipinski definition) is 1. The molecule has 0 heterocycles. The van der Waals surface area contributed by atoms with E-state index in [4.69, 9.17) is 4.74 Å². The summed E-state index contributed by atoms with van der Waals surface area (Å²) in [4.78, 5) is 0. The lowest BCUT2D eigenvalue weighted by Crippen LogP contribution is -2.05. The summed E-state index contributed by atoms with van der Waals surface area (Å²) in [5.41, 5.74) is 3.74. The van der Waals surface area contributed by atoms with E-state index in [2.05, 4.69) is 49.5 Å². The zero-order valence-corrected chi connectivity index (χ0v) is 12.5. The molecule has 0 saturated carbocycles. The Morgan fingerprint density at radius 2 is 1.70 bits per heavy atom. The van der Waals surface area contributed by atoms with Crippen LogP contribution in [0.25, 0.3) is 0 Å². The lowest BCUT2D eigenvalue weighted by atomic mass is 10.0. The van der Waals surface area contributed by atoms with E-state index >= 15 is 0 Å². The molecule has 106 valence electrons. The van der Waals surface area contributed by atoms with Crippen molar-refractivity contribution in [2.24, 2.45) is 0 Å².